The van der Waals surface area contributed by atoms with Crippen molar-refractivity contribution in [3.05, 3.63) is 22.7 Å². The summed E-state index contributed by atoms with van der Waals surface area (Å²) in [5, 5.41) is 12.5. The fraction of sp³-hybridized carbons (Fsp3) is 0.462. The molecule has 6 heteroatoms. The molecule has 0 aliphatic rings. The van der Waals surface area contributed by atoms with Crippen LogP contribution in [0.25, 0.3) is 0 Å². The number of halogens is 1. The molecule has 0 spiro atoms. The molecule has 5 nitrogen and oxygen atoms in total. The quantitative estimate of drug-likeness (QED) is 0.841. The van der Waals surface area contributed by atoms with E-state index in [2.05, 4.69) is 5.32 Å². The van der Waals surface area contributed by atoms with Crippen LogP contribution in [0.5, 0.6) is 11.5 Å². The molecule has 0 amide bonds. The van der Waals surface area contributed by atoms with Crippen LogP contribution >= 0.6 is 11.6 Å². The van der Waals surface area contributed by atoms with Gasteiger partial charge in [-0.1, -0.05) is 17.7 Å². The number of carboxylic acids is 1. The summed E-state index contributed by atoms with van der Waals surface area (Å²) in [6, 6.07) is 2.37. The maximum atomic E-state index is 11.3. The summed E-state index contributed by atoms with van der Waals surface area (Å²) in [6.45, 7) is 3.73. The molecule has 0 aliphatic heterocycles. The number of benzene rings is 1. The van der Waals surface area contributed by atoms with Crippen LogP contribution in [0.15, 0.2) is 12.1 Å². The van der Waals surface area contributed by atoms with Gasteiger partial charge < -0.3 is 14.6 Å². The fourth-order valence-electron chi connectivity index (χ4n) is 1.75. The molecule has 0 saturated carbocycles. The molecule has 1 unspecified atom stereocenters. The maximum absolute atomic E-state index is 11.3. The SMILES string of the molecule is COc1ccc(C(NC(C)C)C(=O)O)c(Cl)c1OC. The van der Waals surface area contributed by atoms with Crippen LogP contribution in [0.2, 0.25) is 5.02 Å². The third-order valence-electron chi connectivity index (χ3n) is 2.57. The molecule has 1 aromatic rings. The number of aliphatic carboxylic acids is 1. The minimum atomic E-state index is -0.997. The summed E-state index contributed by atoms with van der Waals surface area (Å²) in [5.41, 5.74) is 0.445. The highest BCUT2D eigenvalue weighted by Gasteiger charge is 2.26. The molecule has 106 valence electrons. The number of ether oxygens (including phenoxy) is 2. The molecule has 1 atom stereocenters. The lowest BCUT2D eigenvalue weighted by atomic mass is 10.1. The van der Waals surface area contributed by atoms with Gasteiger partial charge in [0, 0.05) is 11.6 Å². The van der Waals surface area contributed by atoms with Gasteiger partial charge in [-0.3, -0.25) is 10.1 Å². The zero-order valence-corrected chi connectivity index (χ0v) is 12.1. The number of carboxylic acid groups (broad SMARTS) is 1. The Labute approximate surface area is 117 Å². The molecule has 0 radical (unpaired) electrons. The van der Waals surface area contributed by atoms with Gasteiger partial charge in [0.15, 0.2) is 11.5 Å². The first-order valence-corrected chi connectivity index (χ1v) is 6.19. The Morgan fingerprint density at radius 3 is 2.37 bits per heavy atom. The van der Waals surface area contributed by atoms with Gasteiger partial charge in [0.2, 0.25) is 0 Å². The Bertz CT molecular complexity index is 462. The summed E-state index contributed by atoms with van der Waals surface area (Å²) in [4.78, 5) is 11.3. The number of carbonyl (C=O) groups is 1. The zero-order chi connectivity index (χ0) is 14.6. The van der Waals surface area contributed by atoms with Crippen LogP contribution < -0.4 is 14.8 Å². The lowest BCUT2D eigenvalue weighted by Gasteiger charge is -2.20. The van der Waals surface area contributed by atoms with E-state index in [9.17, 15) is 9.90 Å². The fourth-order valence-corrected chi connectivity index (χ4v) is 2.10. The molecular formula is C13H18ClNO4. The largest absolute Gasteiger partial charge is 0.493 e. The van der Waals surface area contributed by atoms with Crippen molar-refractivity contribution in [2.45, 2.75) is 25.9 Å². The van der Waals surface area contributed by atoms with E-state index >= 15 is 0 Å². The standard InChI is InChI=1S/C13H18ClNO4/c1-7(2)15-11(13(16)17)8-5-6-9(18-3)12(19-4)10(8)14/h5-7,11,15H,1-4H3,(H,16,17). The number of nitrogens with one attached hydrogen (secondary N) is 1. The summed E-state index contributed by atoms with van der Waals surface area (Å²) >= 11 is 6.21. The lowest BCUT2D eigenvalue weighted by Crippen LogP contribution is -2.33. The molecule has 19 heavy (non-hydrogen) atoms. The Morgan fingerprint density at radius 1 is 1.32 bits per heavy atom. The first kappa shape index (κ1) is 15.6. The molecule has 0 bridgehead atoms. The Balaban J connectivity index is 3.28. The highest BCUT2D eigenvalue weighted by Crippen LogP contribution is 2.39. The van der Waals surface area contributed by atoms with E-state index in [4.69, 9.17) is 21.1 Å². The van der Waals surface area contributed by atoms with Gasteiger partial charge in [0.1, 0.15) is 6.04 Å². The second-order valence-electron chi connectivity index (χ2n) is 4.30. The Hall–Kier alpha value is -1.46. The minimum absolute atomic E-state index is 0.00487. The van der Waals surface area contributed by atoms with Crippen molar-refractivity contribution >= 4 is 17.6 Å². The number of methoxy groups -OCH3 is 2. The van der Waals surface area contributed by atoms with Gasteiger partial charge in [-0.05, 0) is 19.9 Å². The lowest BCUT2D eigenvalue weighted by molar-refractivity contribution is -0.139. The van der Waals surface area contributed by atoms with Crippen molar-refractivity contribution in [3.63, 3.8) is 0 Å². The summed E-state index contributed by atoms with van der Waals surface area (Å²) in [7, 11) is 2.95. The average Bonchev–Trinajstić information content (AvgIpc) is 2.35. The smallest absolute Gasteiger partial charge is 0.325 e. The Morgan fingerprint density at radius 2 is 1.95 bits per heavy atom. The van der Waals surface area contributed by atoms with Crippen LogP contribution in [0, 0.1) is 0 Å². The van der Waals surface area contributed by atoms with Crippen molar-refractivity contribution in [1.29, 1.82) is 0 Å². The van der Waals surface area contributed by atoms with Crippen molar-refractivity contribution in [2.24, 2.45) is 0 Å². The van der Waals surface area contributed by atoms with Gasteiger partial charge >= 0.3 is 5.97 Å². The average molecular weight is 288 g/mol. The molecule has 0 heterocycles. The van der Waals surface area contributed by atoms with Gasteiger partial charge in [0.05, 0.1) is 19.2 Å². The summed E-state index contributed by atoms with van der Waals surface area (Å²) in [6.07, 6.45) is 0. The highest BCUT2D eigenvalue weighted by atomic mass is 35.5. The summed E-state index contributed by atoms with van der Waals surface area (Å²) < 4.78 is 10.3. The normalized spacial score (nSPS) is 12.3. The van der Waals surface area contributed by atoms with E-state index in [-0.39, 0.29) is 11.1 Å². The highest BCUT2D eigenvalue weighted by molar-refractivity contribution is 6.33. The van der Waals surface area contributed by atoms with E-state index in [1.54, 1.807) is 12.1 Å². The number of hydrogen-bond donors (Lipinski definition) is 2. The van der Waals surface area contributed by atoms with Gasteiger partial charge in [-0.2, -0.15) is 0 Å². The van der Waals surface area contributed by atoms with Crippen LogP contribution in [-0.4, -0.2) is 31.3 Å². The number of hydrogen-bond acceptors (Lipinski definition) is 4. The predicted octanol–water partition coefficient (Wildman–Crippen LogP) is 2.48. The molecule has 0 fully saturated rings. The second kappa shape index (κ2) is 6.63. The monoisotopic (exact) mass is 287 g/mol. The van der Waals surface area contributed by atoms with E-state index in [1.807, 2.05) is 13.8 Å². The van der Waals surface area contributed by atoms with Crippen LogP contribution in [0.3, 0.4) is 0 Å². The van der Waals surface area contributed by atoms with Crippen LogP contribution in [-0.2, 0) is 4.79 Å². The van der Waals surface area contributed by atoms with E-state index in [0.29, 0.717) is 17.1 Å². The molecule has 1 aromatic carbocycles. The van der Waals surface area contributed by atoms with Crippen molar-refractivity contribution in [1.82, 2.24) is 5.32 Å². The van der Waals surface area contributed by atoms with E-state index in [0.717, 1.165) is 0 Å². The van der Waals surface area contributed by atoms with Crippen molar-refractivity contribution in [3.8, 4) is 11.5 Å². The summed E-state index contributed by atoms with van der Waals surface area (Å²) in [5.74, 6) is -0.203. The third-order valence-corrected chi connectivity index (χ3v) is 2.96. The van der Waals surface area contributed by atoms with Gasteiger partial charge in [-0.15, -0.1) is 0 Å². The zero-order valence-electron chi connectivity index (χ0n) is 11.4. The van der Waals surface area contributed by atoms with Gasteiger partial charge in [0.25, 0.3) is 0 Å². The number of rotatable bonds is 6. The van der Waals surface area contributed by atoms with Crippen molar-refractivity contribution in [2.75, 3.05) is 14.2 Å². The molecule has 2 N–H and O–H groups in total. The predicted molar refractivity (Wildman–Crippen MR) is 73.2 cm³/mol. The first-order valence-electron chi connectivity index (χ1n) is 5.81. The third kappa shape index (κ3) is 3.52. The minimum Gasteiger partial charge on any atom is -0.493 e. The second-order valence-corrected chi connectivity index (χ2v) is 4.67. The molecule has 0 saturated heterocycles. The maximum Gasteiger partial charge on any atom is 0.325 e. The van der Waals surface area contributed by atoms with Crippen LogP contribution in [0.4, 0.5) is 0 Å². The molecular weight excluding hydrogens is 270 g/mol. The topological polar surface area (TPSA) is 67.8 Å². The van der Waals surface area contributed by atoms with Crippen LogP contribution in [0.1, 0.15) is 25.5 Å². The first-order chi connectivity index (χ1) is 8.92. The molecule has 1 rings (SSSR count). The van der Waals surface area contributed by atoms with Gasteiger partial charge in [-0.25, -0.2) is 0 Å². The Kier molecular flexibility index (Phi) is 5.44. The molecule has 0 aromatic heterocycles. The van der Waals surface area contributed by atoms with E-state index in [1.165, 1.54) is 14.2 Å². The van der Waals surface area contributed by atoms with Crippen molar-refractivity contribution < 1.29 is 19.4 Å². The van der Waals surface area contributed by atoms with E-state index < -0.39 is 12.0 Å². The molecule has 0 aliphatic carbocycles.